The molecule has 1 atom stereocenters. The molecule has 7 heteroatoms. The summed E-state index contributed by atoms with van der Waals surface area (Å²) in [6.07, 6.45) is 3.94. The van der Waals surface area contributed by atoms with E-state index in [0.717, 1.165) is 16.9 Å². The molecular weight excluding hydrogens is 406 g/mol. The van der Waals surface area contributed by atoms with E-state index in [2.05, 4.69) is 0 Å². The first-order valence-corrected chi connectivity index (χ1v) is 10.8. The van der Waals surface area contributed by atoms with E-state index in [-0.39, 0.29) is 18.4 Å². The number of fused-ring (bicyclic) bond motifs is 1. The highest BCUT2D eigenvalue weighted by Crippen LogP contribution is 2.37. The van der Waals surface area contributed by atoms with E-state index in [4.69, 9.17) is 4.74 Å². The predicted octanol–water partition coefficient (Wildman–Crippen LogP) is 3.11. The van der Waals surface area contributed by atoms with Crippen LogP contribution in [0.1, 0.15) is 40.5 Å². The lowest BCUT2D eigenvalue weighted by Gasteiger charge is -2.43. The van der Waals surface area contributed by atoms with Crippen molar-refractivity contribution >= 4 is 5.91 Å². The number of pyridine rings is 1. The number of benzene rings is 2. The summed E-state index contributed by atoms with van der Waals surface area (Å²) in [5.41, 5.74) is 1.33. The van der Waals surface area contributed by atoms with E-state index in [9.17, 15) is 14.7 Å². The monoisotopic (exact) mass is 431 g/mol. The minimum absolute atomic E-state index is 0.0384. The van der Waals surface area contributed by atoms with E-state index in [0.29, 0.717) is 12.5 Å². The number of nitrogens with zero attached hydrogens (tertiary/aromatic N) is 3. The van der Waals surface area contributed by atoms with Crippen LogP contribution in [0.25, 0.3) is 0 Å². The lowest BCUT2D eigenvalue weighted by molar-refractivity contribution is 0.0726. The first-order chi connectivity index (χ1) is 15.5. The van der Waals surface area contributed by atoms with Crippen molar-refractivity contribution in [3.8, 4) is 11.5 Å². The zero-order valence-electron chi connectivity index (χ0n) is 17.8. The molecule has 1 saturated carbocycles. The van der Waals surface area contributed by atoms with Gasteiger partial charge in [0, 0.05) is 24.9 Å². The second kappa shape index (κ2) is 8.07. The third kappa shape index (κ3) is 3.60. The number of para-hydroxylation sites is 1. The van der Waals surface area contributed by atoms with Gasteiger partial charge in [0.15, 0.2) is 11.4 Å². The molecule has 1 amide bonds. The van der Waals surface area contributed by atoms with E-state index in [1.165, 1.54) is 23.8 Å². The number of aromatic hydroxyl groups is 1. The molecule has 7 nitrogen and oxygen atoms in total. The number of carbonyl (C=O) groups excluding carboxylic acids is 1. The van der Waals surface area contributed by atoms with Gasteiger partial charge < -0.3 is 14.7 Å². The zero-order chi connectivity index (χ0) is 22.2. The number of ether oxygens (including phenoxy) is 1. The molecule has 0 unspecified atom stereocenters. The maximum atomic E-state index is 12.8. The molecule has 164 valence electrons. The average molecular weight is 431 g/mol. The van der Waals surface area contributed by atoms with Crippen molar-refractivity contribution in [1.82, 2.24) is 9.58 Å². The van der Waals surface area contributed by atoms with Crippen molar-refractivity contribution in [1.29, 1.82) is 0 Å². The second-order valence-corrected chi connectivity index (χ2v) is 8.41. The van der Waals surface area contributed by atoms with Crippen molar-refractivity contribution in [2.75, 3.05) is 25.3 Å². The highest BCUT2D eigenvalue weighted by molar-refractivity contribution is 5.96. The Kier molecular flexibility index (Phi) is 5.09. The van der Waals surface area contributed by atoms with E-state index < -0.39 is 17.1 Å². The second-order valence-electron chi connectivity index (χ2n) is 8.41. The number of aromatic nitrogens is 1. The summed E-state index contributed by atoms with van der Waals surface area (Å²) in [5.74, 6) is 0.458. The van der Waals surface area contributed by atoms with Crippen molar-refractivity contribution in [3.63, 3.8) is 0 Å². The Hall–Kier alpha value is -3.74. The van der Waals surface area contributed by atoms with Crippen LogP contribution in [0.15, 0.2) is 71.7 Å². The number of rotatable bonds is 6. The van der Waals surface area contributed by atoms with Gasteiger partial charge in [0.05, 0.1) is 6.61 Å². The Bertz CT molecular complexity index is 1200. The van der Waals surface area contributed by atoms with Gasteiger partial charge in [-0.15, -0.1) is 0 Å². The summed E-state index contributed by atoms with van der Waals surface area (Å²) < 4.78 is 7.81. The SMILES string of the molecule is CN1CN([C@@H](c2ccccc2)c2ccccc2OCC2CC2)n2ccc(=O)c(O)c2C1=O. The van der Waals surface area contributed by atoms with Gasteiger partial charge in [0.25, 0.3) is 5.91 Å². The Labute approximate surface area is 186 Å². The topological polar surface area (TPSA) is 75.0 Å². The fourth-order valence-electron chi connectivity index (χ4n) is 4.14. The third-order valence-corrected chi connectivity index (χ3v) is 6.04. The Morgan fingerprint density at radius 1 is 1.03 bits per heavy atom. The fraction of sp³-hybridized carbons (Fsp3) is 0.280. The molecule has 1 aliphatic heterocycles. The Morgan fingerprint density at radius 3 is 2.50 bits per heavy atom. The van der Waals surface area contributed by atoms with Crippen molar-refractivity contribution in [3.05, 3.63) is 93.9 Å². The maximum Gasteiger partial charge on any atom is 0.277 e. The van der Waals surface area contributed by atoms with Gasteiger partial charge in [0.1, 0.15) is 18.5 Å². The minimum Gasteiger partial charge on any atom is -0.502 e. The largest absolute Gasteiger partial charge is 0.502 e. The quantitative estimate of drug-likeness (QED) is 0.649. The molecule has 1 aliphatic carbocycles. The molecule has 0 bridgehead atoms. The summed E-state index contributed by atoms with van der Waals surface area (Å²) >= 11 is 0. The predicted molar refractivity (Wildman–Crippen MR) is 120 cm³/mol. The average Bonchev–Trinajstić information content (AvgIpc) is 3.64. The molecule has 2 aliphatic rings. The Morgan fingerprint density at radius 2 is 1.75 bits per heavy atom. The lowest BCUT2D eigenvalue weighted by atomic mass is 9.97. The summed E-state index contributed by atoms with van der Waals surface area (Å²) in [6, 6.07) is 18.8. The zero-order valence-corrected chi connectivity index (χ0v) is 17.8. The van der Waals surface area contributed by atoms with E-state index in [1.54, 1.807) is 17.9 Å². The first kappa shape index (κ1) is 20.2. The first-order valence-electron chi connectivity index (χ1n) is 10.8. The van der Waals surface area contributed by atoms with Gasteiger partial charge in [-0.2, -0.15) is 0 Å². The van der Waals surface area contributed by atoms with Crippen LogP contribution in [-0.4, -0.2) is 40.9 Å². The molecule has 1 aromatic heterocycles. The number of hydrogen-bond acceptors (Lipinski definition) is 5. The molecule has 5 rings (SSSR count). The summed E-state index contributed by atoms with van der Waals surface area (Å²) in [5, 5.41) is 12.4. The summed E-state index contributed by atoms with van der Waals surface area (Å²) in [7, 11) is 1.66. The van der Waals surface area contributed by atoms with Crippen LogP contribution in [0.5, 0.6) is 11.5 Å². The smallest absolute Gasteiger partial charge is 0.277 e. The van der Waals surface area contributed by atoms with Crippen molar-refractivity contribution in [2.45, 2.75) is 18.9 Å². The third-order valence-electron chi connectivity index (χ3n) is 6.04. The van der Waals surface area contributed by atoms with Crippen LogP contribution >= 0.6 is 0 Å². The highest BCUT2D eigenvalue weighted by atomic mass is 16.5. The highest BCUT2D eigenvalue weighted by Gasteiger charge is 2.36. The van der Waals surface area contributed by atoms with E-state index in [1.807, 2.05) is 59.6 Å². The van der Waals surface area contributed by atoms with Gasteiger partial charge in [-0.05, 0) is 30.4 Å². The van der Waals surface area contributed by atoms with Gasteiger partial charge in [0.2, 0.25) is 5.43 Å². The van der Waals surface area contributed by atoms with Crippen molar-refractivity contribution in [2.24, 2.45) is 5.92 Å². The number of hydrogen-bond donors (Lipinski definition) is 1. The molecule has 1 N–H and O–H groups in total. The molecule has 1 fully saturated rings. The fourth-order valence-corrected chi connectivity index (χ4v) is 4.14. The molecule has 0 spiro atoms. The maximum absolute atomic E-state index is 12.8. The van der Waals surface area contributed by atoms with Crippen LogP contribution in [0, 0.1) is 5.92 Å². The van der Waals surface area contributed by atoms with Gasteiger partial charge in [-0.1, -0.05) is 48.5 Å². The molecule has 0 radical (unpaired) electrons. The lowest BCUT2D eigenvalue weighted by Crippen LogP contribution is -2.54. The van der Waals surface area contributed by atoms with Crippen LogP contribution in [0.4, 0.5) is 0 Å². The van der Waals surface area contributed by atoms with Crippen LogP contribution in [0.2, 0.25) is 0 Å². The summed E-state index contributed by atoms with van der Waals surface area (Å²) in [6.45, 7) is 0.950. The molecule has 0 saturated heterocycles. The molecule has 2 heterocycles. The van der Waals surface area contributed by atoms with Gasteiger partial charge >= 0.3 is 0 Å². The van der Waals surface area contributed by atoms with Crippen LogP contribution in [-0.2, 0) is 0 Å². The molecule has 3 aromatic rings. The van der Waals surface area contributed by atoms with Crippen LogP contribution in [0.3, 0.4) is 0 Å². The normalized spacial score (nSPS) is 16.6. The molecule has 2 aromatic carbocycles. The molecular formula is C25H25N3O4. The minimum atomic E-state index is -0.579. The van der Waals surface area contributed by atoms with Gasteiger partial charge in [-0.25, -0.2) is 0 Å². The molecule has 32 heavy (non-hydrogen) atoms. The number of carbonyl (C=O) groups is 1. The van der Waals surface area contributed by atoms with Crippen molar-refractivity contribution < 1.29 is 14.6 Å². The van der Waals surface area contributed by atoms with Gasteiger partial charge in [-0.3, -0.25) is 19.3 Å². The number of amides is 1. The van der Waals surface area contributed by atoms with Crippen LogP contribution < -0.4 is 15.2 Å². The Balaban J connectivity index is 1.67. The standard InChI is InChI=1S/C25H25N3O4/c1-26-16-28(27-14-13-20(29)24(30)23(27)25(26)31)22(18-7-3-2-4-8-18)19-9-5-6-10-21(19)32-15-17-11-12-17/h2-10,13-14,17,22,30H,11-12,15-16H2,1H3/t22-/m0/s1. The summed E-state index contributed by atoms with van der Waals surface area (Å²) in [4.78, 5) is 26.4. The van der Waals surface area contributed by atoms with E-state index >= 15 is 0 Å².